The number of ketones is 1. The molecule has 0 bridgehead atoms. The molecule has 0 saturated heterocycles. The van der Waals surface area contributed by atoms with Crippen molar-refractivity contribution in [3.8, 4) is 22.6 Å². The van der Waals surface area contributed by atoms with Crippen LogP contribution in [0.25, 0.3) is 55.3 Å². The summed E-state index contributed by atoms with van der Waals surface area (Å²) in [6.45, 7) is 27.6. The van der Waals surface area contributed by atoms with Crippen LogP contribution in [-0.2, 0) is 36.7 Å². The zero-order chi connectivity index (χ0) is 40.5. The second-order valence-corrected chi connectivity index (χ2v) is 17.4. The number of aromatic nitrogens is 1. The molecule has 0 atom stereocenters. The fourth-order valence-corrected chi connectivity index (χ4v) is 7.31. The maximum Gasteiger partial charge on any atom is 0.164 e. The van der Waals surface area contributed by atoms with E-state index in [1.807, 2.05) is 53.8 Å². The number of fused-ring (bicyclic) bond motifs is 3. The summed E-state index contributed by atoms with van der Waals surface area (Å²) in [6, 6.07) is 22.7. The molecule has 301 valence electrons. The summed E-state index contributed by atoms with van der Waals surface area (Å²) >= 11 is 0. The van der Waals surface area contributed by atoms with Gasteiger partial charge in [0.2, 0.25) is 0 Å². The van der Waals surface area contributed by atoms with Gasteiger partial charge >= 0.3 is 0 Å². The summed E-state index contributed by atoms with van der Waals surface area (Å²) in [5, 5.41) is 14.7. The van der Waals surface area contributed by atoms with Gasteiger partial charge in [-0.05, 0) is 86.3 Å². The van der Waals surface area contributed by atoms with E-state index >= 15 is 0 Å². The summed E-state index contributed by atoms with van der Waals surface area (Å²) in [6.07, 6.45) is 7.53. The largest absolute Gasteiger partial charge is 0.512 e. The van der Waals surface area contributed by atoms with Crippen LogP contribution in [0.4, 0.5) is 0 Å². The molecular formula is C50H62IrNO4-. The number of aryl methyl sites for hydroxylation is 2. The molecule has 0 fully saturated rings. The van der Waals surface area contributed by atoms with Crippen molar-refractivity contribution >= 4 is 38.5 Å². The van der Waals surface area contributed by atoms with Gasteiger partial charge in [-0.25, -0.2) is 0 Å². The van der Waals surface area contributed by atoms with E-state index in [0.717, 1.165) is 93.3 Å². The van der Waals surface area contributed by atoms with Crippen molar-refractivity contribution in [1.82, 2.24) is 4.98 Å². The van der Waals surface area contributed by atoms with Crippen LogP contribution in [-0.4, -0.2) is 15.9 Å². The monoisotopic (exact) mass is 933 g/mol. The van der Waals surface area contributed by atoms with Crippen LogP contribution in [0, 0.1) is 36.7 Å². The smallest absolute Gasteiger partial charge is 0.164 e. The molecule has 6 rings (SSSR count). The third-order valence-electron chi connectivity index (χ3n) is 12.2. The summed E-state index contributed by atoms with van der Waals surface area (Å²) in [4.78, 5) is 17.0. The van der Waals surface area contributed by atoms with Crippen LogP contribution in [0.5, 0.6) is 0 Å². The maximum atomic E-state index is 12.2. The molecule has 3 aromatic carbocycles. The van der Waals surface area contributed by atoms with Crippen molar-refractivity contribution in [2.45, 2.75) is 128 Å². The summed E-state index contributed by atoms with van der Waals surface area (Å²) in [5.41, 5.74) is 7.70. The second kappa shape index (κ2) is 17.7. The molecule has 1 N–H and O–H groups in total. The van der Waals surface area contributed by atoms with Gasteiger partial charge < -0.3 is 13.9 Å². The quantitative estimate of drug-likeness (QED) is 0.0796. The maximum absolute atomic E-state index is 12.2. The van der Waals surface area contributed by atoms with Crippen LogP contribution in [0.15, 0.2) is 81.5 Å². The molecule has 3 aromatic heterocycles. The van der Waals surface area contributed by atoms with E-state index in [0.29, 0.717) is 5.92 Å². The Kier molecular flexibility index (Phi) is 14.1. The number of allylic oxidation sites excluding steroid dienone is 2. The molecule has 6 aromatic rings. The fraction of sp³-hybridized carbons (Fsp3) is 0.440. The van der Waals surface area contributed by atoms with Gasteiger partial charge in [0.05, 0.1) is 0 Å². The molecule has 0 spiro atoms. The number of carbonyl (C=O) groups is 1. The van der Waals surface area contributed by atoms with Gasteiger partial charge in [0.1, 0.15) is 28.4 Å². The summed E-state index contributed by atoms with van der Waals surface area (Å²) < 4.78 is 12.7. The minimum Gasteiger partial charge on any atom is -0.512 e. The van der Waals surface area contributed by atoms with Gasteiger partial charge in [-0.3, -0.25) is 9.78 Å². The molecular weight excluding hydrogens is 871 g/mol. The van der Waals surface area contributed by atoms with Gasteiger partial charge in [-0.2, -0.15) is 0 Å². The molecule has 0 amide bonds. The van der Waals surface area contributed by atoms with Crippen molar-refractivity contribution in [2.24, 2.45) is 16.7 Å². The molecule has 0 aliphatic carbocycles. The molecule has 1 radical (unpaired) electrons. The number of aliphatic hydroxyl groups excluding tert-OH is 1. The first kappa shape index (κ1) is 44.7. The van der Waals surface area contributed by atoms with Crippen molar-refractivity contribution in [3.05, 3.63) is 101 Å². The van der Waals surface area contributed by atoms with Gasteiger partial charge in [-0.1, -0.05) is 105 Å². The van der Waals surface area contributed by atoms with Crippen molar-refractivity contribution in [1.29, 1.82) is 0 Å². The molecule has 6 heteroatoms. The van der Waals surface area contributed by atoms with Crippen molar-refractivity contribution < 1.29 is 38.8 Å². The van der Waals surface area contributed by atoms with E-state index in [9.17, 15) is 9.90 Å². The molecule has 0 saturated carbocycles. The third kappa shape index (κ3) is 8.93. The van der Waals surface area contributed by atoms with Gasteiger partial charge in [0, 0.05) is 71.7 Å². The Bertz CT molecular complexity index is 2340. The van der Waals surface area contributed by atoms with E-state index in [4.69, 9.17) is 13.8 Å². The first-order chi connectivity index (χ1) is 25.9. The topological polar surface area (TPSA) is 76.5 Å². The number of hydrogen-bond acceptors (Lipinski definition) is 5. The second-order valence-electron chi connectivity index (χ2n) is 17.4. The zero-order valence-electron chi connectivity index (χ0n) is 35.9. The van der Waals surface area contributed by atoms with E-state index in [1.54, 1.807) is 0 Å². The first-order valence-corrected chi connectivity index (χ1v) is 20.2. The predicted octanol–water partition coefficient (Wildman–Crippen LogP) is 14.6. The Morgan fingerprint density at radius 1 is 0.821 bits per heavy atom. The molecule has 0 aliphatic heterocycles. The molecule has 0 unspecified atom stereocenters. The number of carbonyl (C=O) groups excluding carboxylic acids is 1. The molecule has 0 aliphatic rings. The Labute approximate surface area is 348 Å². The van der Waals surface area contributed by atoms with Crippen molar-refractivity contribution in [3.63, 3.8) is 0 Å². The van der Waals surface area contributed by atoms with Crippen LogP contribution < -0.4 is 0 Å². The Balaban J connectivity index is 0.000000330. The van der Waals surface area contributed by atoms with Crippen molar-refractivity contribution in [2.75, 3.05) is 0 Å². The van der Waals surface area contributed by atoms with E-state index in [-0.39, 0.29) is 47.9 Å². The first-order valence-electron chi connectivity index (χ1n) is 20.2. The number of hydrogen-bond donors (Lipinski definition) is 1. The van der Waals surface area contributed by atoms with Crippen LogP contribution in [0.1, 0.15) is 124 Å². The van der Waals surface area contributed by atoms with Crippen LogP contribution >= 0.6 is 0 Å². The number of benzene rings is 3. The fourth-order valence-electron chi connectivity index (χ4n) is 7.31. The molecule has 56 heavy (non-hydrogen) atoms. The predicted molar refractivity (Wildman–Crippen MR) is 231 cm³/mol. The zero-order valence-corrected chi connectivity index (χ0v) is 38.3. The average molecular weight is 933 g/mol. The SMILES string of the molecule is CCC(C)(CC)C(=O)/C=C(\O)C(C)(CC)CC.Cc1c(CC(C)C)oc2ccc(-c3oc4ccnc(-c5[c-]c6ccccc6c(C(C)(C)C)c5)c4c3C)cc12.[Ir]. The van der Waals surface area contributed by atoms with E-state index < -0.39 is 0 Å². The van der Waals surface area contributed by atoms with E-state index in [1.165, 1.54) is 22.6 Å². The average Bonchev–Trinajstić information content (AvgIpc) is 3.67. The van der Waals surface area contributed by atoms with Gasteiger partial charge in [0.25, 0.3) is 0 Å². The minimum atomic E-state index is -0.337. The summed E-state index contributed by atoms with van der Waals surface area (Å²) in [7, 11) is 0. The standard InChI is InChI=1S/C35H34NO2.C15H28O2.Ir/c1-20(2)16-31-21(3)27-18-24(12-13-29(27)37-31)34-22(4)32-30(38-34)14-15-36-33(32)25-17-23-10-8-9-11-26(23)28(19-25)35(5,6)7;1-7-14(5,8-2)12(16)11-13(17)15(6,9-3)10-4;/h8-15,18-20H,16H2,1-7H3;11,16H,7-10H2,1-6H3;/q-1;;/b;12-11-;. The normalized spacial score (nSPS) is 12.6. The number of rotatable bonds is 11. The van der Waals surface area contributed by atoms with Crippen LogP contribution in [0.3, 0.4) is 0 Å². The Morgan fingerprint density at radius 3 is 2.07 bits per heavy atom. The minimum absolute atomic E-state index is 0. The van der Waals surface area contributed by atoms with Crippen LogP contribution in [0.2, 0.25) is 0 Å². The molecule has 3 heterocycles. The Morgan fingerprint density at radius 2 is 1.46 bits per heavy atom. The number of nitrogens with zero attached hydrogens (tertiary/aromatic N) is 1. The molecule has 5 nitrogen and oxygen atoms in total. The third-order valence-corrected chi connectivity index (χ3v) is 12.2. The summed E-state index contributed by atoms with van der Waals surface area (Å²) in [5.74, 6) is 2.78. The Hall–Kier alpha value is -3.99. The van der Waals surface area contributed by atoms with Gasteiger partial charge in [-0.15, -0.1) is 29.1 Å². The number of pyridine rings is 1. The van der Waals surface area contributed by atoms with E-state index in [2.05, 4.69) is 103 Å². The van der Waals surface area contributed by atoms with Gasteiger partial charge in [0.15, 0.2) is 5.78 Å². The number of furan rings is 2. The number of aliphatic hydroxyl groups is 1.